The highest BCUT2D eigenvalue weighted by atomic mass is 32.2. The van der Waals surface area contributed by atoms with Crippen molar-refractivity contribution in [2.75, 3.05) is 19.3 Å². The lowest BCUT2D eigenvalue weighted by Crippen LogP contribution is -2.57. The molecule has 21 heavy (non-hydrogen) atoms. The van der Waals surface area contributed by atoms with Crippen LogP contribution in [0, 0.1) is 0 Å². The number of likely N-dealkylation sites (tertiary alicyclic amines) is 1. The molecule has 2 rings (SSSR count). The predicted molar refractivity (Wildman–Crippen MR) is 84.7 cm³/mol. The van der Waals surface area contributed by atoms with Crippen LogP contribution in [0.15, 0.2) is 0 Å². The first-order valence-electron chi connectivity index (χ1n) is 7.84. The van der Waals surface area contributed by atoms with Gasteiger partial charge in [0.1, 0.15) is 5.54 Å². The summed E-state index contributed by atoms with van der Waals surface area (Å²) in [5, 5.41) is 12.6. The van der Waals surface area contributed by atoms with E-state index in [1.165, 1.54) is 6.42 Å². The number of hydrogen-bond acceptors (Lipinski definition) is 3. The lowest BCUT2D eigenvalue weighted by molar-refractivity contribution is -0.148. The lowest BCUT2D eigenvalue weighted by Gasteiger charge is -2.41. The van der Waals surface area contributed by atoms with Crippen molar-refractivity contribution in [3.8, 4) is 0 Å². The molecule has 0 spiro atoms. The fourth-order valence-electron chi connectivity index (χ4n) is 3.53. The molecule has 1 saturated carbocycles. The smallest absolute Gasteiger partial charge is 0.329 e. The number of aliphatic carboxylic acids is 1. The number of carbonyl (C=O) groups is 2. The van der Waals surface area contributed by atoms with Gasteiger partial charge in [0.2, 0.25) is 0 Å². The minimum absolute atomic E-state index is 0.173. The van der Waals surface area contributed by atoms with E-state index in [4.69, 9.17) is 0 Å². The van der Waals surface area contributed by atoms with Crippen LogP contribution in [0.2, 0.25) is 0 Å². The number of amides is 2. The second-order valence-electron chi connectivity index (χ2n) is 6.24. The molecule has 5 nitrogen and oxygen atoms in total. The summed E-state index contributed by atoms with van der Waals surface area (Å²) in [6.45, 7) is 3.16. The molecule has 2 N–H and O–H groups in total. The van der Waals surface area contributed by atoms with E-state index >= 15 is 0 Å². The van der Waals surface area contributed by atoms with Gasteiger partial charge in [-0.3, -0.25) is 0 Å². The number of rotatable bonds is 6. The first-order valence-corrected chi connectivity index (χ1v) is 9.06. The number of carboxylic acid groups (broad SMARTS) is 1. The lowest BCUT2D eigenvalue weighted by atomic mass is 9.84. The fraction of sp³-hybridized carbons (Fsp3) is 0.867. The highest BCUT2D eigenvalue weighted by Crippen LogP contribution is 2.42. The normalized spacial score (nSPS) is 27.2. The summed E-state index contributed by atoms with van der Waals surface area (Å²) in [6.07, 6.45) is 8.20. The minimum Gasteiger partial charge on any atom is -0.479 e. The second kappa shape index (κ2) is 6.46. The molecule has 1 aliphatic heterocycles. The molecule has 0 aromatic heterocycles. The van der Waals surface area contributed by atoms with Gasteiger partial charge in [-0.05, 0) is 38.4 Å². The zero-order valence-corrected chi connectivity index (χ0v) is 13.8. The highest BCUT2D eigenvalue weighted by molar-refractivity contribution is 8.00. The summed E-state index contributed by atoms with van der Waals surface area (Å²) in [6, 6.07) is -0.205. The minimum atomic E-state index is -0.995. The molecule has 2 amide bonds. The van der Waals surface area contributed by atoms with E-state index < -0.39 is 11.5 Å². The van der Waals surface area contributed by atoms with Gasteiger partial charge in [0.15, 0.2) is 0 Å². The number of nitrogens with one attached hydrogen (secondary N) is 1. The summed E-state index contributed by atoms with van der Waals surface area (Å²) < 4.78 is 0.173. The first-order chi connectivity index (χ1) is 9.99. The van der Waals surface area contributed by atoms with Crippen molar-refractivity contribution in [2.45, 2.75) is 62.2 Å². The van der Waals surface area contributed by atoms with Crippen LogP contribution in [-0.4, -0.2) is 51.6 Å². The second-order valence-corrected chi connectivity index (χ2v) is 7.52. The molecule has 6 heteroatoms. The van der Waals surface area contributed by atoms with Crippen LogP contribution in [0.4, 0.5) is 4.79 Å². The molecule has 120 valence electrons. The molecule has 1 heterocycles. The zero-order valence-electron chi connectivity index (χ0n) is 13.0. The van der Waals surface area contributed by atoms with E-state index in [1.54, 1.807) is 4.90 Å². The fourth-order valence-corrected chi connectivity index (χ4v) is 4.45. The van der Waals surface area contributed by atoms with Gasteiger partial charge in [-0.2, -0.15) is 11.8 Å². The van der Waals surface area contributed by atoms with E-state index in [-0.39, 0.29) is 10.8 Å². The van der Waals surface area contributed by atoms with Crippen molar-refractivity contribution < 1.29 is 14.7 Å². The molecule has 1 unspecified atom stereocenters. The number of carbonyl (C=O) groups excluding carboxylic acids is 1. The molecular weight excluding hydrogens is 288 g/mol. The van der Waals surface area contributed by atoms with E-state index in [0.29, 0.717) is 25.9 Å². The van der Waals surface area contributed by atoms with Crippen molar-refractivity contribution in [3.05, 3.63) is 0 Å². The molecule has 0 aromatic rings. The quantitative estimate of drug-likeness (QED) is 0.791. The Hall–Kier alpha value is -0.910. The maximum absolute atomic E-state index is 12.5. The highest BCUT2D eigenvalue weighted by Gasteiger charge is 2.49. The third kappa shape index (κ3) is 3.00. The van der Waals surface area contributed by atoms with Gasteiger partial charge in [-0.1, -0.05) is 19.8 Å². The Morgan fingerprint density at radius 3 is 2.48 bits per heavy atom. The monoisotopic (exact) mass is 314 g/mol. The largest absolute Gasteiger partial charge is 0.479 e. The standard InChI is InChI=1S/C15H26N2O3S/c1-3-6-15(12(18)19)9-5-10-17(15)13(20)16-11-14(21-2)7-4-8-14/h3-11H2,1-2H3,(H,16,20)(H,18,19). The van der Waals surface area contributed by atoms with Gasteiger partial charge in [-0.25, -0.2) is 9.59 Å². The Kier molecular flexibility index (Phi) is 5.07. The maximum atomic E-state index is 12.5. The molecule has 1 aliphatic carbocycles. The SMILES string of the molecule is CCCC1(C(=O)O)CCCN1C(=O)NCC1(SC)CCC1. The van der Waals surface area contributed by atoms with Gasteiger partial charge in [-0.15, -0.1) is 0 Å². The number of urea groups is 1. The Bertz CT molecular complexity index is 406. The first kappa shape index (κ1) is 16.5. The van der Waals surface area contributed by atoms with Gasteiger partial charge >= 0.3 is 12.0 Å². The molecule has 1 saturated heterocycles. The Morgan fingerprint density at radius 1 is 1.29 bits per heavy atom. The number of nitrogens with zero attached hydrogens (tertiary/aromatic N) is 1. The molecule has 2 fully saturated rings. The van der Waals surface area contributed by atoms with Gasteiger partial charge in [0.25, 0.3) is 0 Å². The van der Waals surface area contributed by atoms with E-state index in [2.05, 4.69) is 11.6 Å². The number of thioether (sulfide) groups is 1. The van der Waals surface area contributed by atoms with E-state index in [0.717, 1.165) is 25.7 Å². The van der Waals surface area contributed by atoms with Crippen LogP contribution in [0.25, 0.3) is 0 Å². The molecular formula is C15H26N2O3S. The van der Waals surface area contributed by atoms with Crippen LogP contribution in [-0.2, 0) is 4.79 Å². The van der Waals surface area contributed by atoms with Crippen molar-refractivity contribution in [3.63, 3.8) is 0 Å². The summed E-state index contributed by atoms with van der Waals surface area (Å²) in [5.74, 6) is -0.861. The van der Waals surface area contributed by atoms with Crippen LogP contribution < -0.4 is 5.32 Å². The van der Waals surface area contributed by atoms with Gasteiger partial charge < -0.3 is 15.3 Å². The van der Waals surface area contributed by atoms with Crippen molar-refractivity contribution in [2.24, 2.45) is 0 Å². The zero-order chi connectivity index (χ0) is 15.5. The number of carboxylic acids is 1. The van der Waals surface area contributed by atoms with E-state index in [1.807, 2.05) is 18.7 Å². The summed E-state index contributed by atoms with van der Waals surface area (Å²) >= 11 is 1.81. The molecule has 1 atom stereocenters. The molecule has 0 bridgehead atoms. The Labute approximate surface area is 130 Å². The average molecular weight is 314 g/mol. The Morgan fingerprint density at radius 2 is 2.00 bits per heavy atom. The summed E-state index contributed by atoms with van der Waals surface area (Å²) in [5.41, 5.74) is -0.995. The Balaban J connectivity index is 2.01. The van der Waals surface area contributed by atoms with Crippen LogP contribution in [0.3, 0.4) is 0 Å². The third-order valence-electron chi connectivity index (χ3n) is 5.06. The summed E-state index contributed by atoms with van der Waals surface area (Å²) in [7, 11) is 0. The molecule has 0 radical (unpaired) electrons. The third-order valence-corrected chi connectivity index (χ3v) is 6.47. The predicted octanol–water partition coefficient (Wildman–Crippen LogP) is 2.70. The van der Waals surface area contributed by atoms with Crippen LogP contribution >= 0.6 is 11.8 Å². The van der Waals surface area contributed by atoms with Gasteiger partial charge in [0.05, 0.1) is 0 Å². The summed E-state index contributed by atoms with van der Waals surface area (Å²) in [4.78, 5) is 25.8. The van der Waals surface area contributed by atoms with Gasteiger partial charge in [0, 0.05) is 17.8 Å². The maximum Gasteiger partial charge on any atom is 0.329 e. The van der Waals surface area contributed by atoms with Crippen molar-refractivity contribution >= 4 is 23.8 Å². The molecule has 0 aromatic carbocycles. The molecule has 2 aliphatic rings. The average Bonchev–Trinajstić information content (AvgIpc) is 2.83. The van der Waals surface area contributed by atoms with Crippen LogP contribution in [0.5, 0.6) is 0 Å². The van der Waals surface area contributed by atoms with Crippen LogP contribution in [0.1, 0.15) is 51.9 Å². The topological polar surface area (TPSA) is 69.6 Å². The van der Waals surface area contributed by atoms with E-state index in [9.17, 15) is 14.7 Å². The van der Waals surface area contributed by atoms with Crippen molar-refractivity contribution in [1.82, 2.24) is 10.2 Å². The van der Waals surface area contributed by atoms with Crippen molar-refractivity contribution in [1.29, 1.82) is 0 Å². The number of hydrogen-bond donors (Lipinski definition) is 2.